The van der Waals surface area contributed by atoms with E-state index in [1.54, 1.807) is 6.33 Å². The molecule has 1 amide bonds. The Balaban J connectivity index is 1.23. The van der Waals surface area contributed by atoms with Crippen LogP contribution < -0.4 is 9.64 Å². The number of para-hydroxylation sites is 1. The molecule has 3 heterocycles. The number of carbonyl (C=O) groups excluding carboxylic acids is 1. The summed E-state index contributed by atoms with van der Waals surface area (Å²) in [6.07, 6.45) is 5.28. The molecule has 0 spiro atoms. The van der Waals surface area contributed by atoms with Gasteiger partial charge in [-0.1, -0.05) is 24.3 Å². The Morgan fingerprint density at radius 1 is 1.00 bits per heavy atom. The summed E-state index contributed by atoms with van der Waals surface area (Å²) in [6, 6.07) is 13.5. The van der Waals surface area contributed by atoms with Crippen molar-refractivity contribution in [2.24, 2.45) is 0 Å². The third kappa shape index (κ3) is 3.72. The summed E-state index contributed by atoms with van der Waals surface area (Å²) in [6.45, 7) is 2.71. The minimum Gasteiger partial charge on any atom is -0.474 e. The quantitative estimate of drug-likeness (QED) is 0.683. The summed E-state index contributed by atoms with van der Waals surface area (Å²) in [7, 11) is 0. The van der Waals surface area contributed by atoms with Crippen LogP contribution in [0.25, 0.3) is 10.9 Å². The fourth-order valence-corrected chi connectivity index (χ4v) is 3.71. The second kappa shape index (κ2) is 7.66. The number of rotatable bonds is 4. The summed E-state index contributed by atoms with van der Waals surface area (Å²) in [4.78, 5) is 30.1. The number of pyridine rings is 1. The van der Waals surface area contributed by atoms with Crippen molar-refractivity contribution >= 4 is 22.6 Å². The van der Waals surface area contributed by atoms with Crippen molar-refractivity contribution in [3.05, 3.63) is 54.5 Å². The van der Waals surface area contributed by atoms with Gasteiger partial charge in [0, 0.05) is 37.6 Å². The van der Waals surface area contributed by atoms with E-state index in [-0.39, 0.29) is 5.91 Å². The smallest absolute Gasteiger partial charge is 0.272 e. The van der Waals surface area contributed by atoms with Crippen LogP contribution >= 0.6 is 0 Å². The van der Waals surface area contributed by atoms with E-state index in [0.29, 0.717) is 30.8 Å². The van der Waals surface area contributed by atoms with Gasteiger partial charge in [-0.25, -0.2) is 15.0 Å². The van der Waals surface area contributed by atoms with Gasteiger partial charge in [0.15, 0.2) is 0 Å². The minimum absolute atomic E-state index is 0.0212. The second-order valence-electron chi connectivity index (χ2n) is 7.55. The van der Waals surface area contributed by atoms with Crippen LogP contribution in [0.5, 0.6) is 5.88 Å². The van der Waals surface area contributed by atoms with Crippen molar-refractivity contribution in [2.75, 3.05) is 31.1 Å². The van der Waals surface area contributed by atoms with Gasteiger partial charge in [-0.15, -0.1) is 0 Å². The number of ether oxygens (including phenoxy) is 1. The zero-order valence-electron chi connectivity index (χ0n) is 16.2. The molecule has 29 heavy (non-hydrogen) atoms. The van der Waals surface area contributed by atoms with Crippen LogP contribution in [-0.2, 0) is 0 Å². The van der Waals surface area contributed by atoms with E-state index in [1.165, 1.54) is 6.42 Å². The number of benzene rings is 1. The Kier molecular flexibility index (Phi) is 4.71. The largest absolute Gasteiger partial charge is 0.474 e. The molecule has 1 aliphatic heterocycles. The van der Waals surface area contributed by atoms with Crippen LogP contribution in [0.3, 0.4) is 0 Å². The molecule has 2 fully saturated rings. The molecule has 0 radical (unpaired) electrons. The highest BCUT2D eigenvalue weighted by molar-refractivity contribution is 5.95. The van der Waals surface area contributed by atoms with Gasteiger partial charge >= 0.3 is 0 Å². The molecule has 1 aromatic carbocycles. The first-order chi connectivity index (χ1) is 14.3. The monoisotopic (exact) mass is 389 g/mol. The lowest BCUT2D eigenvalue weighted by atomic mass is 9.96. The maximum Gasteiger partial charge on any atom is 0.272 e. The second-order valence-corrected chi connectivity index (χ2v) is 7.55. The predicted octanol–water partition coefficient (Wildman–Crippen LogP) is 2.92. The molecule has 0 bridgehead atoms. The first-order valence-corrected chi connectivity index (χ1v) is 10.1. The van der Waals surface area contributed by atoms with Gasteiger partial charge in [-0.3, -0.25) is 4.79 Å². The Labute approximate surface area is 169 Å². The van der Waals surface area contributed by atoms with Crippen LogP contribution in [0.1, 0.15) is 29.8 Å². The van der Waals surface area contributed by atoms with E-state index >= 15 is 0 Å². The molecule has 7 nitrogen and oxygen atoms in total. The van der Waals surface area contributed by atoms with E-state index in [0.717, 1.165) is 42.7 Å². The zero-order valence-corrected chi connectivity index (χ0v) is 16.2. The molecule has 2 aromatic heterocycles. The average Bonchev–Trinajstić information content (AvgIpc) is 2.76. The van der Waals surface area contributed by atoms with E-state index in [4.69, 9.17) is 4.74 Å². The summed E-state index contributed by atoms with van der Waals surface area (Å²) in [5.41, 5.74) is 1.34. The number of nitrogens with zero attached hydrogens (tertiary/aromatic N) is 5. The van der Waals surface area contributed by atoms with Crippen LogP contribution in [-0.4, -0.2) is 58.0 Å². The molecule has 0 N–H and O–H groups in total. The first kappa shape index (κ1) is 17.8. The van der Waals surface area contributed by atoms with Gasteiger partial charge in [-0.2, -0.15) is 0 Å². The van der Waals surface area contributed by atoms with Gasteiger partial charge < -0.3 is 14.5 Å². The van der Waals surface area contributed by atoms with E-state index in [2.05, 4.69) is 19.9 Å². The lowest BCUT2D eigenvalue weighted by Crippen LogP contribution is -2.49. The van der Waals surface area contributed by atoms with Crippen molar-refractivity contribution in [1.29, 1.82) is 0 Å². The Morgan fingerprint density at radius 3 is 2.62 bits per heavy atom. The van der Waals surface area contributed by atoms with Crippen molar-refractivity contribution < 1.29 is 9.53 Å². The van der Waals surface area contributed by atoms with Gasteiger partial charge in [-0.05, 0) is 31.4 Å². The highest BCUT2D eigenvalue weighted by Crippen LogP contribution is 2.25. The molecule has 1 aliphatic carbocycles. The molecule has 1 saturated carbocycles. The minimum atomic E-state index is -0.0212. The average molecular weight is 389 g/mol. The Bertz CT molecular complexity index is 1030. The number of anilines is 1. The van der Waals surface area contributed by atoms with E-state index in [1.807, 2.05) is 47.4 Å². The van der Waals surface area contributed by atoms with Crippen molar-refractivity contribution in [2.45, 2.75) is 25.4 Å². The van der Waals surface area contributed by atoms with Gasteiger partial charge in [0.25, 0.3) is 5.91 Å². The normalized spacial score (nSPS) is 17.2. The van der Waals surface area contributed by atoms with Gasteiger partial charge in [0.05, 0.1) is 5.52 Å². The highest BCUT2D eigenvalue weighted by Gasteiger charge is 2.25. The summed E-state index contributed by atoms with van der Waals surface area (Å²) < 4.78 is 5.88. The Hall–Kier alpha value is -3.22. The van der Waals surface area contributed by atoms with Crippen LogP contribution in [0.4, 0.5) is 5.82 Å². The molecule has 3 aromatic rings. The standard InChI is InChI=1S/C22H23N5O2/c28-22(19-9-8-16-4-1-2-7-18(16)25-19)27-12-10-26(11-13-27)20-14-21(24-15-23-20)29-17-5-3-6-17/h1-2,4,7-9,14-15,17H,3,5-6,10-13H2. The summed E-state index contributed by atoms with van der Waals surface area (Å²) >= 11 is 0. The predicted molar refractivity (Wildman–Crippen MR) is 110 cm³/mol. The van der Waals surface area contributed by atoms with Crippen LogP contribution in [0.2, 0.25) is 0 Å². The summed E-state index contributed by atoms with van der Waals surface area (Å²) in [5.74, 6) is 1.47. The fourth-order valence-electron chi connectivity index (χ4n) is 3.71. The maximum absolute atomic E-state index is 12.9. The topological polar surface area (TPSA) is 71.5 Å². The molecule has 0 atom stereocenters. The number of aromatic nitrogens is 3. The van der Waals surface area contributed by atoms with Crippen LogP contribution in [0, 0.1) is 0 Å². The fraction of sp³-hybridized carbons (Fsp3) is 0.364. The van der Waals surface area contributed by atoms with E-state index in [9.17, 15) is 4.79 Å². The molecule has 0 unspecified atom stereocenters. The highest BCUT2D eigenvalue weighted by atomic mass is 16.5. The van der Waals surface area contributed by atoms with Gasteiger partial charge in [0.1, 0.15) is 23.9 Å². The van der Waals surface area contributed by atoms with Crippen LogP contribution in [0.15, 0.2) is 48.8 Å². The molecule has 148 valence electrons. The van der Waals surface area contributed by atoms with E-state index < -0.39 is 0 Å². The number of amides is 1. The molecule has 7 heteroatoms. The third-order valence-electron chi connectivity index (χ3n) is 5.68. The SMILES string of the molecule is O=C(c1ccc2ccccc2n1)N1CCN(c2cc(OC3CCC3)ncn2)CC1. The number of fused-ring (bicyclic) bond motifs is 1. The van der Waals surface area contributed by atoms with Gasteiger partial charge in [0.2, 0.25) is 5.88 Å². The first-order valence-electron chi connectivity index (χ1n) is 10.1. The van der Waals surface area contributed by atoms with Crippen molar-refractivity contribution in [3.63, 3.8) is 0 Å². The molecular weight excluding hydrogens is 366 g/mol. The third-order valence-corrected chi connectivity index (χ3v) is 5.68. The Morgan fingerprint density at radius 2 is 1.83 bits per heavy atom. The maximum atomic E-state index is 12.9. The molecule has 1 saturated heterocycles. The zero-order chi connectivity index (χ0) is 19.6. The number of hydrogen-bond donors (Lipinski definition) is 0. The summed E-state index contributed by atoms with van der Waals surface area (Å²) in [5, 5.41) is 1.04. The number of piperazine rings is 1. The van der Waals surface area contributed by atoms with Crippen molar-refractivity contribution in [3.8, 4) is 5.88 Å². The number of hydrogen-bond acceptors (Lipinski definition) is 6. The number of carbonyl (C=O) groups is 1. The lowest BCUT2D eigenvalue weighted by Gasteiger charge is -2.35. The lowest BCUT2D eigenvalue weighted by molar-refractivity contribution is 0.0740. The molecule has 5 rings (SSSR count). The van der Waals surface area contributed by atoms with Crippen molar-refractivity contribution in [1.82, 2.24) is 19.9 Å². The molecule has 2 aliphatic rings. The molecular formula is C22H23N5O2.